The van der Waals surface area contributed by atoms with E-state index in [1.54, 1.807) is 0 Å². The molecule has 0 aliphatic carbocycles. The Morgan fingerprint density at radius 2 is 1.68 bits per heavy atom. The summed E-state index contributed by atoms with van der Waals surface area (Å²) in [6.07, 6.45) is -2.66. The smallest absolute Gasteiger partial charge is 0.395 e. The van der Waals surface area contributed by atoms with Crippen LogP contribution >= 0.6 is 15.6 Å². The number of rotatable bonds is 9. The summed E-state index contributed by atoms with van der Waals surface area (Å²) in [4.78, 5) is 34.2. The number of phosphoric ester groups is 2. The van der Waals surface area contributed by atoms with Crippen LogP contribution in [0, 0.1) is 0 Å². The maximum Gasteiger partial charge on any atom is 0.471 e. The average Bonchev–Trinajstić information content (AvgIpc) is 2.21. The molecule has 2 unspecified atom stereocenters. The van der Waals surface area contributed by atoms with Gasteiger partial charge in [-0.25, -0.2) is 9.13 Å². The van der Waals surface area contributed by atoms with E-state index in [9.17, 15) is 9.13 Å². The average molecular weight is 325 g/mol. The molecule has 0 saturated heterocycles. The molecule has 7 N–H and O–H groups in total. The Bertz CT molecular complexity index is 352. The fourth-order valence-corrected chi connectivity index (χ4v) is 1.78. The van der Waals surface area contributed by atoms with Crippen molar-refractivity contribution in [3.63, 3.8) is 0 Å². The molecule has 0 aromatic heterocycles. The maximum atomic E-state index is 10.7. The van der Waals surface area contributed by atoms with E-state index in [-0.39, 0.29) is 0 Å². The van der Waals surface area contributed by atoms with Crippen LogP contribution in [-0.2, 0) is 22.9 Å². The predicted molar refractivity (Wildman–Crippen MR) is 60.5 cm³/mol. The first-order chi connectivity index (χ1) is 8.44. The van der Waals surface area contributed by atoms with Crippen molar-refractivity contribution in [2.24, 2.45) is 5.73 Å². The summed E-state index contributed by atoms with van der Waals surface area (Å²) in [7, 11) is -9.60. The second kappa shape index (κ2) is 7.77. The zero-order chi connectivity index (χ0) is 15.3. The van der Waals surface area contributed by atoms with E-state index in [4.69, 9.17) is 35.2 Å². The zero-order valence-corrected chi connectivity index (χ0v) is 11.7. The molecule has 19 heavy (non-hydrogen) atoms. The van der Waals surface area contributed by atoms with Crippen LogP contribution in [0.25, 0.3) is 0 Å². The summed E-state index contributed by atoms with van der Waals surface area (Å²) in [5.41, 5.74) is 5.32. The molecular formula is C6H17NO10P2. The highest BCUT2D eigenvalue weighted by Crippen LogP contribution is 2.39. The van der Waals surface area contributed by atoms with Crippen molar-refractivity contribution in [1.29, 1.82) is 0 Å². The van der Waals surface area contributed by atoms with E-state index >= 15 is 0 Å². The lowest BCUT2D eigenvalue weighted by Crippen LogP contribution is -2.43. The van der Waals surface area contributed by atoms with Gasteiger partial charge in [0.1, 0.15) is 0 Å². The third-order valence-corrected chi connectivity index (χ3v) is 2.61. The van der Waals surface area contributed by atoms with E-state index in [0.717, 1.165) is 0 Å². The topological polar surface area (TPSA) is 189 Å². The lowest BCUT2D eigenvalue weighted by atomic mass is 10.3. The zero-order valence-electron chi connectivity index (χ0n) is 9.90. The number of ether oxygens (including phenoxy) is 1. The van der Waals surface area contributed by atoms with Crippen LogP contribution in [-0.4, -0.2) is 56.3 Å². The van der Waals surface area contributed by atoms with Crippen molar-refractivity contribution in [3.8, 4) is 0 Å². The Kier molecular flexibility index (Phi) is 7.81. The number of aliphatic hydroxyl groups excluding tert-OH is 1. The van der Waals surface area contributed by atoms with Crippen molar-refractivity contribution >= 4 is 15.6 Å². The van der Waals surface area contributed by atoms with Crippen LogP contribution < -0.4 is 5.73 Å². The van der Waals surface area contributed by atoms with Crippen LogP contribution in [0.15, 0.2) is 0 Å². The maximum absolute atomic E-state index is 10.7. The molecule has 0 heterocycles. The van der Waals surface area contributed by atoms with Gasteiger partial charge in [0.25, 0.3) is 0 Å². The van der Waals surface area contributed by atoms with Gasteiger partial charge in [0.2, 0.25) is 0 Å². The van der Waals surface area contributed by atoms with Gasteiger partial charge in [-0.2, -0.15) is 0 Å². The molecule has 11 nitrogen and oxygen atoms in total. The largest absolute Gasteiger partial charge is 0.471 e. The minimum atomic E-state index is -4.91. The fourth-order valence-electron chi connectivity index (χ4n) is 0.896. The quantitative estimate of drug-likeness (QED) is 0.208. The molecule has 13 heteroatoms. The number of aliphatic hydroxyl groups is 1. The SMILES string of the molecule is CC(COP(=O)(O)O)OC(OP(=O)(O)O)[C@@H](N)CO. The first-order valence-electron chi connectivity index (χ1n) is 4.90. The lowest BCUT2D eigenvalue weighted by Gasteiger charge is -2.26. The summed E-state index contributed by atoms with van der Waals surface area (Å²) in [6, 6.07) is -1.26. The summed E-state index contributed by atoms with van der Waals surface area (Å²) in [5, 5.41) is 8.78. The van der Waals surface area contributed by atoms with Crippen molar-refractivity contribution in [3.05, 3.63) is 0 Å². The van der Waals surface area contributed by atoms with E-state index in [0.29, 0.717) is 0 Å². The molecule has 0 aromatic rings. The molecule has 0 aliphatic heterocycles. The van der Waals surface area contributed by atoms with Gasteiger partial charge in [0, 0.05) is 0 Å². The van der Waals surface area contributed by atoms with Gasteiger partial charge in [-0.1, -0.05) is 0 Å². The van der Waals surface area contributed by atoms with E-state index in [2.05, 4.69) is 9.05 Å². The van der Waals surface area contributed by atoms with Gasteiger partial charge < -0.3 is 35.2 Å². The number of hydrogen-bond donors (Lipinski definition) is 6. The van der Waals surface area contributed by atoms with Crippen molar-refractivity contribution < 1.29 is 47.6 Å². The van der Waals surface area contributed by atoms with Crippen molar-refractivity contribution in [2.45, 2.75) is 25.4 Å². The molecule has 0 fully saturated rings. The molecule has 0 bridgehead atoms. The van der Waals surface area contributed by atoms with Gasteiger partial charge in [-0.15, -0.1) is 0 Å². The number of nitrogens with two attached hydrogens (primary N) is 1. The van der Waals surface area contributed by atoms with Gasteiger partial charge in [0.05, 0.1) is 25.4 Å². The Balaban J connectivity index is 4.47. The normalized spacial score (nSPS) is 18.1. The molecule has 0 spiro atoms. The molecule has 0 aromatic carbocycles. The molecular weight excluding hydrogens is 308 g/mol. The minimum Gasteiger partial charge on any atom is -0.395 e. The van der Waals surface area contributed by atoms with Crippen molar-refractivity contribution in [2.75, 3.05) is 13.2 Å². The number of hydrogen-bond acceptors (Lipinski definition) is 7. The highest BCUT2D eigenvalue weighted by Gasteiger charge is 2.30. The van der Waals surface area contributed by atoms with Gasteiger partial charge in [0.15, 0.2) is 6.29 Å². The summed E-state index contributed by atoms with van der Waals surface area (Å²) >= 11 is 0. The Hall–Kier alpha value is 0.1000. The Morgan fingerprint density at radius 3 is 2.05 bits per heavy atom. The molecule has 116 valence electrons. The molecule has 0 amide bonds. The van der Waals surface area contributed by atoms with Crippen LogP contribution in [0.3, 0.4) is 0 Å². The third-order valence-electron chi connectivity index (χ3n) is 1.65. The number of phosphoric acid groups is 2. The molecule has 0 radical (unpaired) electrons. The molecule has 0 aliphatic rings. The Morgan fingerprint density at radius 1 is 1.16 bits per heavy atom. The standard InChI is InChI=1S/C6H17NO10P2/c1-4(3-15-18(9,10)11)16-6(5(7)2-8)17-19(12,13)14/h4-6,8H,2-3,7H2,1H3,(H2,9,10,11)(H2,12,13,14)/t4?,5-,6?/m0/s1. The van der Waals surface area contributed by atoms with Gasteiger partial charge in [-0.05, 0) is 6.92 Å². The Labute approximate surface area is 108 Å². The monoisotopic (exact) mass is 325 g/mol. The minimum absolute atomic E-state index is 0.566. The summed E-state index contributed by atoms with van der Waals surface area (Å²) in [6.45, 7) is 0.0516. The van der Waals surface area contributed by atoms with E-state index < -0.39 is 47.3 Å². The van der Waals surface area contributed by atoms with E-state index in [1.807, 2.05) is 0 Å². The van der Waals surface area contributed by atoms with Gasteiger partial charge >= 0.3 is 15.6 Å². The van der Waals surface area contributed by atoms with Gasteiger partial charge in [-0.3, -0.25) is 9.05 Å². The van der Waals surface area contributed by atoms with Crippen molar-refractivity contribution in [1.82, 2.24) is 0 Å². The van der Waals surface area contributed by atoms with Crippen LogP contribution in [0.5, 0.6) is 0 Å². The summed E-state index contributed by atoms with van der Waals surface area (Å²) in [5.74, 6) is 0. The van der Waals surface area contributed by atoms with Crippen LogP contribution in [0.4, 0.5) is 0 Å². The predicted octanol–water partition coefficient (Wildman–Crippen LogP) is -1.74. The third kappa shape index (κ3) is 10.5. The highest BCUT2D eigenvalue weighted by atomic mass is 31.2. The van der Waals surface area contributed by atoms with Crippen LogP contribution in [0.2, 0.25) is 0 Å². The summed E-state index contributed by atoms with van der Waals surface area (Å²) < 4.78 is 34.3. The highest BCUT2D eigenvalue weighted by molar-refractivity contribution is 7.46. The second-order valence-electron chi connectivity index (χ2n) is 3.54. The first kappa shape index (κ1) is 19.1. The molecule has 3 atom stereocenters. The lowest BCUT2D eigenvalue weighted by molar-refractivity contribution is -0.148. The van der Waals surface area contributed by atoms with Crippen LogP contribution in [0.1, 0.15) is 6.92 Å². The van der Waals surface area contributed by atoms with E-state index in [1.165, 1.54) is 6.92 Å². The molecule has 0 saturated carbocycles. The molecule has 0 rings (SSSR count). The first-order valence-corrected chi connectivity index (χ1v) is 7.96. The second-order valence-corrected chi connectivity index (χ2v) is 5.98. The fraction of sp³-hybridized carbons (Fsp3) is 1.00.